The van der Waals surface area contributed by atoms with Crippen molar-refractivity contribution in [1.29, 1.82) is 0 Å². The molecule has 1 aromatic heterocycles. The Kier molecular flexibility index (Phi) is 6.41. The van der Waals surface area contributed by atoms with Crippen LogP contribution in [0.4, 0.5) is 5.69 Å². The van der Waals surface area contributed by atoms with Gasteiger partial charge in [-0.15, -0.1) is 0 Å². The van der Waals surface area contributed by atoms with E-state index in [2.05, 4.69) is 5.32 Å². The molecule has 34 heavy (non-hydrogen) atoms. The second-order valence-electron chi connectivity index (χ2n) is 8.43. The molecule has 3 aromatic carbocycles. The number of anilines is 1. The molecule has 0 atom stereocenters. The van der Waals surface area contributed by atoms with Crippen LogP contribution in [0.2, 0.25) is 0 Å². The molecule has 1 amide bonds. The first-order chi connectivity index (χ1) is 16.3. The molecule has 0 aliphatic heterocycles. The van der Waals surface area contributed by atoms with Gasteiger partial charge < -0.3 is 19.2 Å². The molecular formula is C28H27NO5. The Hall–Kier alpha value is -4.06. The highest BCUT2D eigenvalue weighted by Crippen LogP contribution is 2.32. The minimum atomic E-state index is -0.362. The van der Waals surface area contributed by atoms with Crippen molar-refractivity contribution in [3.05, 3.63) is 87.1 Å². The van der Waals surface area contributed by atoms with Crippen LogP contribution in [0.15, 0.2) is 63.8 Å². The first-order valence-corrected chi connectivity index (χ1v) is 11.0. The fraction of sp³-hybridized carbons (Fsp3) is 0.214. The lowest BCUT2D eigenvalue weighted by atomic mass is 10.1. The van der Waals surface area contributed by atoms with Crippen molar-refractivity contribution in [2.24, 2.45) is 0 Å². The molecule has 0 aliphatic rings. The van der Waals surface area contributed by atoms with E-state index in [1.165, 1.54) is 0 Å². The molecule has 0 saturated heterocycles. The maximum atomic E-state index is 13.4. The highest BCUT2D eigenvalue weighted by atomic mass is 16.5. The van der Waals surface area contributed by atoms with Gasteiger partial charge in [0.2, 0.25) is 11.2 Å². The molecule has 0 bridgehead atoms. The second kappa shape index (κ2) is 9.43. The van der Waals surface area contributed by atoms with E-state index >= 15 is 0 Å². The highest BCUT2D eigenvalue weighted by Gasteiger charge is 2.19. The van der Waals surface area contributed by atoms with Crippen LogP contribution in [0, 0.1) is 27.7 Å². The van der Waals surface area contributed by atoms with Gasteiger partial charge >= 0.3 is 0 Å². The van der Waals surface area contributed by atoms with E-state index in [4.69, 9.17) is 13.9 Å². The molecule has 1 N–H and O–H groups in total. The van der Waals surface area contributed by atoms with E-state index in [1.54, 1.807) is 43.5 Å². The smallest absolute Gasteiger partial charge is 0.262 e. The largest absolute Gasteiger partial charge is 0.497 e. The number of rotatable bonds is 6. The Bertz CT molecular complexity index is 1410. The standard InChI is InChI=1S/C28H27NO5/c1-16-6-11-23-22(14-16)26(31)28(27(34-23)20-7-9-21(32-5)10-8-20)33-15-24(30)29-25-18(3)12-17(2)13-19(25)4/h6-14H,15H2,1-5H3,(H,29,30). The number of carbonyl (C=O) groups is 1. The van der Waals surface area contributed by atoms with Crippen LogP contribution in [0.3, 0.4) is 0 Å². The average Bonchev–Trinajstić information content (AvgIpc) is 2.81. The molecule has 6 nitrogen and oxygen atoms in total. The zero-order valence-electron chi connectivity index (χ0n) is 19.9. The maximum absolute atomic E-state index is 13.4. The maximum Gasteiger partial charge on any atom is 0.262 e. The molecule has 6 heteroatoms. The van der Waals surface area contributed by atoms with Gasteiger partial charge in [0.1, 0.15) is 11.3 Å². The van der Waals surface area contributed by atoms with Crippen molar-refractivity contribution in [3.8, 4) is 22.8 Å². The summed E-state index contributed by atoms with van der Waals surface area (Å²) < 4.78 is 17.1. The minimum Gasteiger partial charge on any atom is -0.497 e. The molecule has 4 rings (SSSR count). The quantitative estimate of drug-likeness (QED) is 0.401. The monoisotopic (exact) mass is 457 g/mol. The number of hydrogen-bond donors (Lipinski definition) is 1. The third kappa shape index (κ3) is 4.66. The Morgan fingerprint density at radius 3 is 2.24 bits per heavy atom. The summed E-state index contributed by atoms with van der Waals surface area (Å²) in [5.41, 5.74) is 5.48. The number of ether oxygens (including phenoxy) is 2. The predicted molar refractivity (Wildman–Crippen MR) is 134 cm³/mol. The molecule has 0 aliphatic carbocycles. The first-order valence-electron chi connectivity index (χ1n) is 11.0. The van der Waals surface area contributed by atoms with E-state index in [1.807, 2.05) is 45.9 Å². The fourth-order valence-electron chi connectivity index (χ4n) is 4.05. The molecule has 174 valence electrons. The lowest BCUT2D eigenvalue weighted by molar-refractivity contribution is -0.118. The van der Waals surface area contributed by atoms with Gasteiger partial charge in [0, 0.05) is 11.3 Å². The number of methoxy groups -OCH3 is 1. The van der Waals surface area contributed by atoms with Gasteiger partial charge in [-0.3, -0.25) is 9.59 Å². The molecule has 0 spiro atoms. The third-order valence-corrected chi connectivity index (χ3v) is 5.65. The van der Waals surface area contributed by atoms with Gasteiger partial charge in [-0.25, -0.2) is 0 Å². The lowest BCUT2D eigenvalue weighted by Crippen LogP contribution is -2.23. The van der Waals surface area contributed by atoms with E-state index in [-0.39, 0.29) is 29.5 Å². The van der Waals surface area contributed by atoms with Crippen molar-refractivity contribution in [2.45, 2.75) is 27.7 Å². The van der Waals surface area contributed by atoms with Crippen molar-refractivity contribution < 1.29 is 18.7 Å². The van der Waals surface area contributed by atoms with E-state index in [9.17, 15) is 9.59 Å². The number of hydrogen-bond acceptors (Lipinski definition) is 5. The Labute approximate surface area is 198 Å². The summed E-state index contributed by atoms with van der Waals surface area (Å²) >= 11 is 0. The van der Waals surface area contributed by atoms with E-state index < -0.39 is 0 Å². The van der Waals surface area contributed by atoms with Crippen LogP contribution in [-0.2, 0) is 4.79 Å². The molecule has 4 aromatic rings. The fourth-order valence-corrected chi connectivity index (χ4v) is 4.05. The van der Waals surface area contributed by atoms with Crippen LogP contribution < -0.4 is 20.2 Å². The summed E-state index contributed by atoms with van der Waals surface area (Å²) in [5.74, 6) is 0.572. The molecule has 0 unspecified atom stereocenters. The SMILES string of the molecule is COc1ccc(-c2oc3ccc(C)cc3c(=O)c2OCC(=O)Nc2c(C)cc(C)cc2C)cc1. The average molecular weight is 458 g/mol. The van der Waals surface area contributed by atoms with Crippen molar-refractivity contribution in [3.63, 3.8) is 0 Å². The van der Waals surface area contributed by atoms with Crippen LogP contribution in [0.25, 0.3) is 22.3 Å². The summed E-state index contributed by atoms with van der Waals surface area (Å²) in [4.78, 5) is 26.1. The summed E-state index contributed by atoms with van der Waals surface area (Å²) in [6.45, 7) is 7.46. The van der Waals surface area contributed by atoms with Gasteiger partial charge in [-0.2, -0.15) is 0 Å². The summed E-state index contributed by atoms with van der Waals surface area (Å²) in [7, 11) is 1.58. The zero-order valence-corrected chi connectivity index (χ0v) is 19.9. The van der Waals surface area contributed by atoms with Gasteiger partial charge in [0.25, 0.3) is 5.91 Å². The molecule has 0 saturated carbocycles. The number of benzene rings is 3. The zero-order chi connectivity index (χ0) is 24.4. The molecular weight excluding hydrogens is 430 g/mol. The summed E-state index contributed by atoms with van der Waals surface area (Å²) in [6.07, 6.45) is 0. The Morgan fingerprint density at radius 2 is 1.59 bits per heavy atom. The van der Waals surface area contributed by atoms with Crippen molar-refractivity contribution >= 4 is 22.6 Å². The van der Waals surface area contributed by atoms with Gasteiger partial charge in [0.05, 0.1) is 12.5 Å². The summed E-state index contributed by atoms with van der Waals surface area (Å²) in [5, 5.41) is 3.30. The molecule has 0 radical (unpaired) electrons. The van der Waals surface area contributed by atoms with Gasteiger partial charge in [-0.1, -0.05) is 29.3 Å². The predicted octanol–water partition coefficient (Wildman–Crippen LogP) is 5.72. The molecule has 0 fully saturated rings. The minimum absolute atomic E-state index is 0.00392. The number of aryl methyl sites for hydroxylation is 4. The van der Waals surface area contributed by atoms with Crippen LogP contribution in [-0.4, -0.2) is 19.6 Å². The van der Waals surface area contributed by atoms with Gasteiger partial charge in [0.15, 0.2) is 12.4 Å². The topological polar surface area (TPSA) is 77.8 Å². The van der Waals surface area contributed by atoms with Crippen LogP contribution >= 0.6 is 0 Å². The summed E-state index contributed by atoms with van der Waals surface area (Å²) in [6, 6.07) is 16.5. The van der Waals surface area contributed by atoms with Gasteiger partial charge in [-0.05, 0) is 75.2 Å². The van der Waals surface area contributed by atoms with Crippen molar-refractivity contribution in [1.82, 2.24) is 0 Å². The Balaban J connectivity index is 1.69. The number of nitrogens with one attached hydrogen (secondary N) is 1. The van der Waals surface area contributed by atoms with E-state index in [0.29, 0.717) is 22.3 Å². The first kappa shape index (κ1) is 23.1. The third-order valence-electron chi connectivity index (χ3n) is 5.65. The second-order valence-corrected chi connectivity index (χ2v) is 8.43. The lowest BCUT2D eigenvalue weighted by Gasteiger charge is -2.15. The highest BCUT2D eigenvalue weighted by molar-refractivity contribution is 5.93. The number of amides is 1. The van der Waals surface area contributed by atoms with E-state index in [0.717, 1.165) is 27.9 Å². The van der Waals surface area contributed by atoms with Crippen LogP contribution in [0.5, 0.6) is 11.5 Å². The number of fused-ring (bicyclic) bond motifs is 1. The Morgan fingerprint density at radius 1 is 0.912 bits per heavy atom. The normalized spacial score (nSPS) is 10.9. The van der Waals surface area contributed by atoms with Crippen molar-refractivity contribution in [2.75, 3.05) is 19.0 Å². The van der Waals surface area contributed by atoms with Crippen LogP contribution in [0.1, 0.15) is 22.3 Å². The molecule has 1 heterocycles. The number of carbonyl (C=O) groups excluding carboxylic acids is 1.